The molecule has 0 atom stereocenters. The molecule has 2 aromatic carbocycles. The van der Waals surface area contributed by atoms with Gasteiger partial charge in [0.2, 0.25) is 5.13 Å². The molecule has 7 nitrogen and oxygen atoms in total. The van der Waals surface area contributed by atoms with E-state index in [9.17, 15) is 9.18 Å². The first-order valence-corrected chi connectivity index (χ1v) is 11.5. The molecular weight excluding hydrogens is 427 g/mol. The Morgan fingerprint density at radius 3 is 2.66 bits per heavy atom. The Kier molecular flexibility index (Phi) is 7.28. The molecule has 4 rings (SSSR count). The van der Waals surface area contributed by atoms with Crippen LogP contribution in [0.15, 0.2) is 48.5 Å². The summed E-state index contributed by atoms with van der Waals surface area (Å²) in [6, 6.07) is 14.0. The van der Waals surface area contributed by atoms with Crippen molar-refractivity contribution in [1.29, 1.82) is 0 Å². The number of benzene rings is 2. The van der Waals surface area contributed by atoms with E-state index in [1.54, 1.807) is 12.1 Å². The third-order valence-corrected chi connectivity index (χ3v) is 6.19. The molecule has 2 amide bonds. The van der Waals surface area contributed by atoms with E-state index in [0.717, 1.165) is 50.1 Å². The normalized spacial score (nSPS) is 14.4. The Hall–Kier alpha value is -3.04. The second kappa shape index (κ2) is 10.5. The Morgan fingerprint density at radius 2 is 1.91 bits per heavy atom. The highest BCUT2D eigenvalue weighted by Gasteiger charge is 2.20. The minimum Gasteiger partial charge on any atom is -0.344 e. The van der Waals surface area contributed by atoms with Crippen LogP contribution in [0.5, 0.6) is 0 Å². The zero-order chi connectivity index (χ0) is 22.3. The van der Waals surface area contributed by atoms with Gasteiger partial charge < -0.3 is 15.5 Å². The Balaban J connectivity index is 1.17. The molecule has 1 saturated heterocycles. The highest BCUT2D eigenvalue weighted by Crippen LogP contribution is 2.20. The smallest absolute Gasteiger partial charge is 0.319 e. The molecule has 0 unspecified atom stereocenters. The van der Waals surface area contributed by atoms with Crippen molar-refractivity contribution in [2.45, 2.75) is 13.3 Å². The van der Waals surface area contributed by atoms with Crippen LogP contribution in [-0.2, 0) is 6.42 Å². The third-order valence-electron chi connectivity index (χ3n) is 5.38. The standard InChI is InChI=1S/C23H27FN6OS/c1-17-5-7-18(8-6-17)15-21-27-23(32-28-21)30-13-11-29(12-14-30)10-9-25-22(31)26-20-4-2-3-19(24)16-20/h2-8,16H,9-15H2,1H3,(H2,25,26,31). The van der Waals surface area contributed by atoms with Gasteiger partial charge in [0.15, 0.2) is 0 Å². The summed E-state index contributed by atoms with van der Waals surface area (Å²) >= 11 is 1.46. The maximum atomic E-state index is 13.2. The summed E-state index contributed by atoms with van der Waals surface area (Å²) in [4.78, 5) is 21.3. The Labute approximate surface area is 191 Å². The van der Waals surface area contributed by atoms with Gasteiger partial charge in [0.05, 0.1) is 0 Å². The lowest BCUT2D eigenvalue weighted by molar-refractivity contribution is 0.240. The summed E-state index contributed by atoms with van der Waals surface area (Å²) in [6.45, 7) is 6.95. The predicted octanol–water partition coefficient (Wildman–Crippen LogP) is 3.52. The fourth-order valence-electron chi connectivity index (χ4n) is 3.57. The highest BCUT2D eigenvalue weighted by molar-refractivity contribution is 7.09. The number of rotatable bonds is 7. The van der Waals surface area contributed by atoms with Crippen molar-refractivity contribution < 1.29 is 9.18 Å². The van der Waals surface area contributed by atoms with Gasteiger partial charge in [0, 0.05) is 62.9 Å². The largest absolute Gasteiger partial charge is 0.344 e. The van der Waals surface area contributed by atoms with Gasteiger partial charge >= 0.3 is 6.03 Å². The second-order valence-electron chi connectivity index (χ2n) is 7.88. The third kappa shape index (κ3) is 6.24. The van der Waals surface area contributed by atoms with Gasteiger partial charge in [-0.2, -0.15) is 4.37 Å². The molecule has 32 heavy (non-hydrogen) atoms. The van der Waals surface area contributed by atoms with Crippen LogP contribution in [0.25, 0.3) is 0 Å². The highest BCUT2D eigenvalue weighted by atomic mass is 32.1. The van der Waals surface area contributed by atoms with Crippen LogP contribution in [0.2, 0.25) is 0 Å². The summed E-state index contributed by atoms with van der Waals surface area (Å²) in [7, 11) is 0. The summed E-state index contributed by atoms with van der Waals surface area (Å²) in [5.74, 6) is 0.489. The SMILES string of the molecule is Cc1ccc(Cc2nsc(N3CCN(CCNC(=O)Nc4cccc(F)c4)CC3)n2)cc1. The van der Waals surface area contributed by atoms with Crippen molar-refractivity contribution >= 4 is 28.4 Å². The summed E-state index contributed by atoms with van der Waals surface area (Å²) in [5, 5.41) is 6.44. The Morgan fingerprint density at radius 1 is 1.12 bits per heavy atom. The van der Waals surface area contributed by atoms with Crippen molar-refractivity contribution in [3.05, 3.63) is 71.3 Å². The van der Waals surface area contributed by atoms with Crippen LogP contribution in [0.1, 0.15) is 17.0 Å². The predicted molar refractivity (Wildman–Crippen MR) is 126 cm³/mol. The average Bonchev–Trinajstić information content (AvgIpc) is 3.24. The van der Waals surface area contributed by atoms with E-state index < -0.39 is 0 Å². The number of nitrogens with one attached hydrogen (secondary N) is 2. The molecule has 0 aliphatic carbocycles. The first-order valence-electron chi connectivity index (χ1n) is 10.7. The van der Waals surface area contributed by atoms with Gasteiger partial charge in [-0.1, -0.05) is 35.9 Å². The number of halogens is 1. The summed E-state index contributed by atoms with van der Waals surface area (Å²) in [6.07, 6.45) is 0.750. The number of hydrogen-bond acceptors (Lipinski definition) is 6. The molecule has 0 radical (unpaired) electrons. The van der Waals surface area contributed by atoms with Crippen molar-refractivity contribution in [3.8, 4) is 0 Å². The lowest BCUT2D eigenvalue weighted by Gasteiger charge is -2.34. The van der Waals surface area contributed by atoms with E-state index >= 15 is 0 Å². The minimum atomic E-state index is -0.377. The molecule has 9 heteroatoms. The molecule has 0 saturated carbocycles. The number of nitrogens with zero attached hydrogens (tertiary/aromatic N) is 4. The maximum Gasteiger partial charge on any atom is 0.319 e. The average molecular weight is 455 g/mol. The number of hydrogen-bond donors (Lipinski definition) is 2. The van der Waals surface area contributed by atoms with Gasteiger partial charge in [-0.05, 0) is 30.7 Å². The van der Waals surface area contributed by atoms with Gasteiger partial charge in [-0.15, -0.1) is 0 Å². The molecule has 3 aromatic rings. The molecule has 1 aliphatic heterocycles. The molecule has 1 aromatic heterocycles. The number of aromatic nitrogens is 2. The maximum absolute atomic E-state index is 13.2. The van der Waals surface area contributed by atoms with E-state index in [2.05, 4.69) is 56.0 Å². The van der Waals surface area contributed by atoms with Crippen LogP contribution >= 0.6 is 11.5 Å². The number of carbonyl (C=O) groups is 1. The summed E-state index contributed by atoms with van der Waals surface area (Å²) in [5.41, 5.74) is 2.91. The van der Waals surface area contributed by atoms with Crippen LogP contribution in [-0.4, -0.2) is 59.6 Å². The van der Waals surface area contributed by atoms with Gasteiger partial charge in [-0.3, -0.25) is 4.90 Å². The number of amides is 2. The zero-order valence-corrected chi connectivity index (χ0v) is 18.9. The van der Waals surface area contributed by atoms with Gasteiger partial charge in [-0.25, -0.2) is 14.2 Å². The van der Waals surface area contributed by atoms with Gasteiger partial charge in [0.25, 0.3) is 0 Å². The van der Waals surface area contributed by atoms with Crippen LogP contribution in [0.3, 0.4) is 0 Å². The van der Waals surface area contributed by atoms with Crippen molar-refractivity contribution in [3.63, 3.8) is 0 Å². The molecule has 0 bridgehead atoms. The number of carbonyl (C=O) groups excluding carboxylic acids is 1. The fourth-order valence-corrected chi connectivity index (χ4v) is 4.30. The monoisotopic (exact) mass is 454 g/mol. The lowest BCUT2D eigenvalue weighted by Crippen LogP contribution is -2.48. The fraction of sp³-hybridized carbons (Fsp3) is 0.348. The first-order chi connectivity index (χ1) is 15.5. The number of anilines is 2. The van der Waals surface area contributed by atoms with E-state index in [1.807, 2.05) is 0 Å². The molecule has 2 N–H and O–H groups in total. The molecule has 1 aliphatic rings. The molecule has 1 fully saturated rings. The molecule has 0 spiro atoms. The van der Waals surface area contributed by atoms with Crippen molar-refractivity contribution in [2.24, 2.45) is 0 Å². The topological polar surface area (TPSA) is 73.4 Å². The quantitative estimate of drug-likeness (QED) is 0.572. The molecule has 168 valence electrons. The number of urea groups is 1. The molecular formula is C23H27FN6OS. The van der Waals surface area contributed by atoms with Crippen LogP contribution < -0.4 is 15.5 Å². The second-order valence-corrected chi connectivity index (χ2v) is 8.61. The summed E-state index contributed by atoms with van der Waals surface area (Å²) < 4.78 is 17.7. The van der Waals surface area contributed by atoms with E-state index in [4.69, 9.17) is 4.98 Å². The first kappa shape index (κ1) is 22.2. The minimum absolute atomic E-state index is 0.329. The Bertz CT molecular complexity index is 1030. The zero-order valence-electron chi connectivity index (χ0n) is 18.1. The lowest BCUT2D eigenvalue weighted by atomic mass is 10.1. The van der Waals surface area contributed by atoms with Crippen molar-refractivity contribution in [1.82, 2.24) is 19.6 Å². The van der Waals surface area contributed by atoms with E-state index in [-0.39, 0.29) is 11.8 Å². The molecule has 2 heterocycles. The number of piperazine rings is 1. The van der Waals surface area contributed by atoms with Crippen LogP contribution in [0, 0.1) is 12.7 Å². The van der Waals surface area contributed by atoms with Crippen molar-refractivity contribution in [2.75, 3.05) is 49.5 Å². The van der Waals surface area contributed by atoms with E-state index in [0.29, 0.717) is 12.2 Å². The van der Waals surface area contributed by atoms with Crippen LogP contribution in [0.4, 0.5) is 20.0 Å². The number of aryl methyl sites for hydroxylation is 1. The van der Waals surface area contributed by atoms with Gasteiger partial charge in [0.1, 0.15) is 11.6 Å². The van der Waals surface area contributed by atoms with E-state index in [1.165, 1.54) is 34.8 Å².